The second-order valence-electron chi connectivity index (χ2n) is 5.69. The molecule has 7 heteroatoms. The molecule has 0 aliphatic carbocycles. The molecule has 0 saturated heterocycles. The van der Waals surface area contributed by atoms with Crippen molar-refractivity contribution in [2.45, 2.75) is 11.7 Å². The molecular formula is C20H19N3O3S. The molecule has 3 rings (SSSR count). The van der Waals surface area contributed by atoms with Gasteiger partial charge in [0.15, 0.2) is 5.16 Å². The number of imidazole rings is 1. The molecule has 1 heterocycles. The van der Waals surface area contributed by atoms with Crippen LogP contribution in [0.5, 0.6) is 0 Å². The fourth-order valence-electron chi connectivity index (χ4n) is 2.64. The zero-order valence-corrected chi connectivity index (χ0v) is 15.7. The van der Waals surface area contributed by atoms with Gasteiger partial charge in [-0.3, -0.25) is 4.79 Å². The zero-order valence-electron chi connectivity index (χ0n) is 14.8. The average molecular weight is 381 g/mol. The maximum Gasteiger partial charge on any atom is 0.337 e. The van der Waals surface area contributed by atoms with Crippen molar-refractivity contribution in [3.05, 3.63) is 66.7 Å². The van der Waals surface area contributed by atoms with E-state index in [1.165, 1.54) is 18.9 Å². The molecule has 27 heavy (non-hydrogen) atoms. The SMILES string of the molecule is C=CCn1c(SCC(=O)Nc2cccc(C(=O)OC)c2)nc2ccccc21. The minimum atomic E-state index is -0.446. The van der Waals surface area contributed by atoms with E-state index in [1.54, 1.807) is 30.3 Å². The average Bonchev–Trinajstić information content (AvgIpc) is 3.04. The molecule has 0 atom stereocenters. The Morgan fingerprint density at radius 2 is 2.07 bits per heavy atom. The molecular weight excluding hydrogens is 362 g/mol. The lowest BCUT2D eigenvalue weighted by atomic mass is 10.2. The van der Waals surface area contributed by atoms with E-state index in [9.17, 15) is 9.59 Å². The molecule has 0 fully saturated rings. The second-order valence-corrected chi connectivity index (χ2v) is 6.63. The van der Waals surface area contributed by atoms with Gasteiger partial charge in [-0.05, 0) is 30.3 Å². The molecule has 0 radical (unpaired) electrons. The number of carbonyl (C=O) groups is 2. The molecule has 138 valence electrons. The Hall–Kier alpha value is -3.06. The molecule has 2 aromatic carbocycles. The first-order valence-electron chi connectivity index (χ1n) is 8.29. The first-order chi connectivity index (χ1) is 13.1. The number of aromatic nitrogens is 2. The van der Waals surface area contributed by atoms with Crippen LogP contribution in [-0.4, -0.2) is 34.3 Å². The van der Waals surface area contributed by atoms with Gasteiger partial charge in [0.25, 0.3) is 0 Å². The van der Waals surface area contributed by atoms with Crippen LogP contribution in [0, 0.1) is 0 Å². The summed E-state index contributed by atoms with van der Waals surface area (Å²) in [4.78, 5) is 28.5. The third kappa shape index (κ3) is 4.38. The number of hydrogen-bond acceptors (Lipinski definition) is 5. The normalized spacial score (nSPS) is 10.6. The Labute approximate surface area is 161 Å². The predicted octanol–water partition coefficient (Wildman–Crippen LogP) is 3.74. The molecule has 6 nitrogen and oxygen atoms in total. The van der Waals surface area contributed by atoms with Crippen LogP contribution >= 0.6 is 11.8 Å². The monoisotopic (exact) mass is 381 g/mol. The number of carbonyl (C=O) groups excluding carboxylic acids is 2. The van der Waals surface area contributed by atoms with Crippen LogP contribution < -0.4 is 5.32 Å². The number of anilines is 1. The highest BCUT2D eigenvalue weighted by Gasteiger charge is 2.13. The lowest BCUT2D eigenvalue weighted by Gasteiger charge is -2.08. The van der Waals surface area contributed by atoms with Crippen LogP contribution in [0.1, 0.15) is 10.4 Å². The molecule has 0 saturated carbocycles. The maximum absolute atomic E-state index is 12.3. The molecule has 3 aromatic rings. The van der Waals surface area contributed by atoms with Crippen molar-refractivity contribution in [2.24, 2.45) is 0 Å². The summed E-state index contributed by atoms with van der Waals surface area (Å²) in [5, 5.41) is 3.55. The first-order valence-corrected chi connectivity index (χ1v) is 9.28. The lowest BCUT2D eigenvalue weighted by molar-refractivity contribution is -0.113. The van der Waals surface area contributed by atoms with E-state index in [-0.39, 0.29) is 11.7 Å². The summed E-state index contributed by atoms with van der Waals surface area (Å²) >= 11 is 1.36. The fraction of sp³-hybridized carbons (Fsp3) is 0.150. The molecule has 0 bridgehead atoms. The number of allylic oxidation sites excluding steroid dienone is 1. The summed E-state index contributed by atoms with van der Waals surface area (Å²) in [6.45, 7) is 4.41. The van der Waals surface area contributed by atoms with Gasteiger partial charge in [-0.2, -0.15) is 0 Å². The lowest BCUT2D eigenvalue weighted by Crippen LogP contribution is -2.15. The number of nitrogens with one attached hydrogen (secondary N) is 1. The van der Waals surface area contributed by atoms with Crippen LogP contribution in [0.3, 0.4) is 0 Å². The van der Waals surface area contributed by atoms with Crippen molar-refractivity contribution in [2.75, 3.05) is 18.2 Å². The molecule has 0 aliphatic heterocycles. The standard InChI is InChI=1S/C20H19N3O3S/c1-3-11-23-17-10-5-4-9-16(17)22-20(23)27-13-18(24)21-15-8-6-7-14(12-15)19(25)26-2/h3-10,12H,1,11,13H2,2H3,(H,21,24). The van der Waals surface area contributed by atoms with Crippen LogP contribution in [0.25, 0.3) is 11.0 Å². The number of amides is 1. The van der Waals surface area contributed by atoms with Crippen molar-refractivity contribution < 1.29 is 14.3 Å². The van der Waals surface area contributed by atoms with Gasteiger partial charge in [0.1, 0.15) is 0 Å². The first kappa shape index (κ1) is 18.7. The Morgan fingerprint density at radius 3 is 2.85 bits per heavy atom. The van der Waals surface area contributed by atoms with E-state index >= 15 is 0 Å². The van der Waals surface area contributed by atoms with Crippen LogP contribution in [0.15, 0.2) is 66.3 Å². The molecule has 0 unspecified atom stereocenters. The molecule has 1 aromatic heterocycles. The number of esters is 1. The Morgan fingerprint density at radius 1 is 1.26 bits per heavy atom. The Kier molecular flexibility index (Phi) is 5.93. The van der Waals surface area contributed by atoms with E-state index in [0.29, 0.717) is 17.8 Å². The van der Waals surface area contributed by atoms with E-state index in [1.807, 2.05) is 28.8 Å². The quantitative estimate of drug-likeness (QED) is 0.383. The highest BCUT2D eigenvalue weighted by molar-refractivity contribution is 7.99. The van der Waals surface area contributed by atoms with Crippen molar-refractivity contribution in [1.82, 2.24) is 9.55 Å². The number of benzene rings is 2. The number of ether oxygens (including phenoxy) is 1. The van der Waals surface area contributed by atoms with Gasteiger partial charge in [-0.1, -0.05) is 36.0 Å². The topological polar surface area (TPSA) is 73.2 Å². The third-order valence-corrected chi connectivity index (χ3v) is 4.81. The van der Waals surface area contributed by atoms with Gasteiger partial charge in [-0.15, -0.1) is 6.58 Å². The number of methoxy groups -OCH3 is 1. The van der Waals surface area contributed by atoms with E-state index < -0.39 is 5.97 Å². The summed E-state index contributed by atoms with van der Waals surface area (Å²) < 4.78 is 6.72. The van der Waals surface area contributed by atoms with Gasteiger partial charge in [0.05, 0.1) is 29.5 Å². The van der Waals surface area contributed by atoms with E-state index in [0.717, 1.165) is 16.2 Å². The fourth-order valence-corrected chi connectivity index (χ4v) is 3.46. The second kappa shape index (κ2) is 8.55. The Balaban J connectivity index is 1.69. The highest BCUT2D eigenvalue weighted by Crippen LogP contribution is 2.24. The summed E-state index contributed by atoms with van der Waals surface area (Å²) in [5.74, 6) is -0.430. The summed E-state index contributed by atoms with van der Waals surface area (Å²) in [6, 6.07) is 14.5. The van der Waals surface area contributed by atoms with Gasteiger partial charge in [-0.25, -0.2) is 9.78 Å². The van der Waals surface area contributed by atoms with E-state index in [2.05, 4.69) is 16.9 Å². The van der Waals surface area contributed by atoms with Crippen molar-refractivity contribution in [3.63, 3.8) is 0 Å². The van der Waals surface area contributed by atoms with Crippen molar-refractivity contribution in [1.29, 1.82) is 0 Å². The number of hydrogen-bond donors (Lipinski definition) is 1. The highest BCUT2D eigenvalue weighted by atomic mass is 32.2. The van der Waals surface area contributed by atoms with Crippen LogP contribution in [0.4, 0.5) is 5.69 Å². The molecule has 1 N–H and O–H groups in total. The minimum absolute atomic E-state index is 0.181. The number of para-hydroxylation sites is 2. The van der Waals surface area contributed by atoms with E-state index in [4.69, 9.17) is 4.74 Å². The number of rotatable bonds is 7. The largest absolute Gasteiger partial charge is 0.465 e. The number of thioether (sulfide) groups is 1. The molecule has 0 spiro atoms. The minimum Gasteiger partial charge on any atom is -0.465 e. The summed E-state index contributed by atoms with van der Waals surface area (Å²) in [7, 11) is 1.32. The summed E-state index contributed by atoms with van der Waals surface area (Å²) in [6.07, 6.45) is 1.80. The Bertz CT molecular complexity index is 997. The van der Waals surface area contributed by atoms with Crippen molar-refractivity contribution in [3.8, 4) is 0 Å². The maximum atomic E-state index is 12.3. The van der Waals surface area contributed by atoms with Gasteiger partial charge < -0.3 is 14.6 Å². The molecule has 1 amide bonds. The predicted molar refractivity (Wildman–Crippen MR) is 107 cm³/mol. The summed E-state index contributed by atoms with van der Waals surface area (Å²) in [5.41, 5.74) is 2.82. The van der Waals surface area contributed by atoms with Gasteiger partial charge in [0.2, 0.25) is 5.91 Å². The van der Waals surface area contributed by atoms with Crippen LogP contribution in [0.2, 0.25) is 0 Å². The molecule has 0 aliphatic rings. The smallest absolute Gasteiger partial charge is 0.337 e. The van der Waals surface area contributed by atoms with Gasteiger partial charge in [0, 0.05) is 12.2 Å². The third-order valence-electron chi connectivity index (χ3n) is 3.83. The van der Waals surface area contributed by atoms with Crippen LogP contribution in [-0.2, 0) is 16.1 Å². The zero-order chi connectivity index (χ0) is 19.2. The number of nitrogens with zero attached hydrogens (tertiary/aromatic N) is 2. The van der Waals surface area contributed by atoms with Gasteiger partial charge >= 0.3 is 5.97 Å². The van der Waals surface area contributed by atoms with Crippen molar-refractivity contribution >= 4 is 40.4 Å². The number of fused-ring (bicyclic) bond motifs is 1.